The van der Waals surface area contributed by atoms with Gasteiger partial charge in [0.05, 0.1) is 15.5 Å². The molecule has 0 spiro atoms. The highest BCUT2D eigenvalue weighted by Crippen LogP contribution is 2.32. The molecule has 0 unspecified atom stereocenters. The molecule has 0 radical (unpaired) electrons. The maximum Gasteiger partial charge on any atom is 0.294 e. The van der Waals surface area contributed by atoms with Crippen LogP contribution in [-0.2, 0) is 10.0 Å². The Morgan fingerprint density at radius 3 is 2.26 bits per heavy atom. The Balaban J connectivity index is 1.87. The van der Waals surface area contributed by atoms with Gasteiger partial charge in [-0.15, -0.1) is 0 Å². The zero-order chi connectivity index (χ0) is 19.6. The fourth-order valence-electron chi connectivity index (χ4n) is 2.98. The van der Waals surface area contributed by atoms with Gasteiger partial charge in [0.1, 0.15) is 5.69 Å². The molecule has 3 rings (SSSR count). The summed E-state index contributed by atoms with van der Waals surface area (Å²) in [5, 5.41) is 11.5. The minimum absolute atomic E-state index is 0.108. The van der Waals surface area contributed by atoms with E-state index < -0.39 is 14.9 Å². The fraction of sp³-hybridized carbons (Fsp3) is 0.333. The summed E-state index contributed by atoms with van der Waals surface area (Å²) in [6.45, 7) is 4.87. The number of hydrogen-bond donors (Lipinski definition) is 1. The third-order valence-corrected chi connectivity index (χ3v) is 6.00. The number of nitro benzene ring substituents is 1. The summed E-state index contributed by atoms with van der Waals surface area (Å²) in [5.41, 5.74) is 1.51. The monoisotopic (exact) mass is 390 g/mol. The van der Waals surface area contributed by atoms with Crippen molar-refractivity contribution in [2.24, 2.45) is 0 Å². The maximum atomic E-state index is 12.5. The minimum atomic E-state index is -3.81. The average Bonchev–Trinajstić information content (AvgIpc) is 2.62. The highest BCUT2D eigenvalue weighted by atomic mass is 32.2. The van der Waals surface area contributed by atoms with Crippen LogP contribution in [0.2, 0.25) is 0 Å². The van der Waals surface area contributed by atoms with Gasteiger partial charge in [0.2, 0.25) is 0 Å². The lowest BCUT2D eigenvalue weighted by Gasteiger charge is -2.33. The lowest BCUT2D eigenvalue weighted by Crippen LogP contribution is -2.44. The van der Waals surface area contributed by atoms with E-state index in [1.165, 1.54) is 18.2 Å². The number of likely N-dealkylation sites (N-methyl/N-ethyl adjacent to an activating group) is 1. The predicted molar refractivity (Wildman–Crippen MR) is 105 cm³/mol. The molecule has 1 aliphatic heterocycles. The van der Waals surface area contributed by atoms with E-state index in [1.54, 1.807) is 24.3 Å². The quantitative estimate of drug-likeness (QED) is 0.622. The molecule has 0 aromatic heterocycles. The van der Waals surface area contributed by atoms with Crippen molar-refractivity contribution in [1.82, 2.24) is 4.90 Å². The third-order valence-electron chi connectivity index (χ3n) is 4.60. The minimum Gasteiger partial charge on any atom is -0.363 e. The molecule has 0 amide bonds. The second kappa shape index (κ2) is 7.53. The van der Waals surface area contributed by atoms with Crippen molar-refractivity contribution < 1.29 is 13.3 Å². The van der Waals surface area contributed by atoms with Gasteiger partial charge in [-0.25, -0.2) is 8.42 Å². The first-order chi connectivity index (χ1) is 12.8. The van der Waals surface area contributed by atoms with E-state index in [4.69, 9.17) is 0 Å². The van der Waals surface area contributed by atoms with Gasteiger partial charge in [-0.1, -0.05) is 17.7 Å². The Hall–Kier alpha value is -2.65. The van der Waals surface area contributed by atoms with E-state index in [2.05, 4.69) is 9.62 Å². The van der Waals surface area contributed by atoms with E-state index in [0.717, 1.165) is 18.7 Å². The van der Waals surface area contributed by atoms with Crippen LogP contribution in [0.25, 0.3) is 0 Å². The second-order valence-electron chi connectivity index (χ2n) is 6.67. The van der Waals surface area contributed by atoms with Gasteiger partial charge < -0.3 is 9.80 Å². The summed E-state index contributed by atoms with van der Waals surface area (Å²) >= 11 is 0. The van der Waals surface area contributed by atoms with Crippen LogP contribution in [0, 0.1) is 17.0 Å². The summed E-state index contributed by atoms with van der Waals surface area (Å²) in [6, 6.07) is 10.9. The van der Waals surface area contributed by atoms with Crippen LogP contribution < -0.4 is 9.62 Å². The molecule has 27 heavy (non-hydrogen) atoms. The molecule has 1 heterocycles. The summed E-state index contributed by atoms with van der Waals surface area (Å²) in [6.07, 6.45) is 0. The number of piperazine rings is 1. The molecule has 144 valence electrons. The van der Waals surface area contributed by atoms with Gasteiger partial charge in [0.15, 0.2) is 0 Å². The van der Waals surface area contributed by atoms with Crippen LogP contribution in [0.1, 0.15) is 5.56 Å². The number of aryl methyl sites for hydroxylation is 1. The van der Waals surface area contributed by atoms with Gasteiger partial charge in [0, 0.05) is 32.2 Å². The Morgan fingerprint density at radius 2 is 1.67 bits per heavy atom. The highest BCUT2D eigenvalue weighted by Gasteiger charge is 2.24. The smallest absolute Gasteiger partial charge is 0.294 e. The van der Waals surface area contributed by atoms with Crippen LogP contribution in [0.4, 0.5) is 17.1 Å². The Kier molecular flexibility index (Phi) is 5.33. The number of hydrogen-bond acceptors (Lipinski definition) is 6. The van der Waals surface area contributed by atoms with Gasteiger partial charge >= 0.3 is 0 Å². The predicted octanol–water partition coefficient (Wildman–Crippen LogP) is 2.46. The zero-order valence-corrected chi connectivity index (χ0v) is 16.1. The number of benzene rings is 2. The number of anilines is 2. The molecule has 9 heteroatoms. The number of nitro groups is 1. The molecule has 1 fully saturated rings. The normalized spacial score (nSPS) is 15.6. The summed E-state index contributed by atoms with van der Waals surface area (Å²) in [4.78, 5) is 15.3. The van der Waals surface area contributed by atoms with Crippen molar-refractivity contribution >= 4 is 27.1 Å². The summed E-state index contributed by atoms with van der Waals surface area (Å²) in [7, 11) is -1.80. The van der Waals surface area contributed by atoms with Gasteiger partial charge in [-0.3, -0.25) is 14.8 Å². The first-order valence-corrected chi connectivity index (χ1v) is 10.1. The molecule has 1 saturated heterocycles. The number of sulfonamides is 1. The molecule has 1 aliphatic rings. The first kappa shape index (κ1) is 19.1. The Bertz CT molecular complexity index is 936. The van der Waals surface area contributed by atoms with Gasteiger partial charge in [0.25, 0.3) is 15.7 Å². The van der Waals surface area contributed by atoms with Crippen molar-refractivity contribution in [2.45, 2.75) is 11.8 Å². The molecule has 1 N–H and O–H groups in total. The molecule has 2 aromatic rings. The largest absolute Gasteiger partial charge is 0.363 e. The highest BCUT2D eigenvalue weighted by molar-refractivity contribution is 7.92. The summed E-state index contributed by atoms with van der Waals surface area (Å²) in [5.74, 6) is 0. The van der Waals surface area contributed by atoms with Crippen LogP contribution in [0.3, 0.4) is 0 Å². The van der Waals surface area contributed by atoms with E-state index in [9.17, 15) is 18.5 Å². The van der Waals surface area contributed by atoms with E-state index in [-0.39, 0.29) is 16.3 Å². The number of nitrogens with one attached hydrogen (secondary N) is 1. The molecule has 0 saturated carbocycles. The first-order valence-electron chi connectivity index (χ1n) is 8.58. The van der Waals surface area contributed by atoms with E-state index in [1.807, 2.05) is 18.9 Å². The van der Waals surface area contributed by atoms with E-state index in [0.29, 0.717) is 18.8 Å². The average molecular weight is 390 g/mol. The van der Waals surface area contributed by atoms with Crippen molar-refractivity contribution in [1.29, 1.82) is 0 Å². The molecule has 8 nitrogen and oxygen atoms in total. The van der Waals surface area contributed by atoms with Crippen LogP contribution in [0.15, 0.2) is 47.4 Å². The van der Waals surface area contributed by atoms with Gasteiger partial charge in [-0.2, -0.15) is 0 Å². The van der Waals surface area contributed by atoms with Crippen molar-refractivity contribution in [3.63, 3.8) is 0 Å². The topological polar surface area (TPSA) is 95.8 Å². The van der Waals surface area contributed by atoms with Gasteiger partial charge in [-0.05, 0) is 38.2 Å². The molecule has 0 atom stereocenters. The lowest BCUT2D eigenvalue weighted by molar-refractivity contribution is -0.384. The molecular formula is C18H22N4O4S. The fourth-order valence-corrected chi connectivity index (χ4v) is 4.03. The molecule has 2 aromatic carbocycles. The van der Waals surface area contributed by atoms with E-state index >= 15 is 0 Å². The third kappa shape index (κ3) is 4.37. The molecular weight excluding hydrogens is 368 g/mol. The maximum absolute atomic E-state index is 12.5. The Labute approximate surface area is 158 Å². The van der Waals surface area contributed by atoms with Crippen LogP contribution in [-0.4, -0.2) is 51.5 Å². The summed E-state index contributed by atoms with van der Waals surface area (Å²) < 4.78 is 27.5. The van der Waals surface area contributed by atoms with Crippen molar-refractivity contribution in [3.8, 4) is 0 Å². The molecule has 0 aliphatic carbocycles. The zero-order valence-electron chi connectivity index (χ0n) is 15.3. The number of nitrogens with zero attached hydrogens (tertiary/aromatic N) is 3. The van der Waals surface area contributed by atoms with Crippen molar-refractivity contribution in [3.05, 3.63) is 58.1 Å². The number of rotatable bonds is 5. The van der Waals surface area contributed by atoms with Crippen LogP contribution >= 0.6 is 0 Å². The SMILES string of the molecule is Cc1ccc(S(=O)(=O)Nc2ccc(N3CCN(C)CC3)c([N+](=O)[O-])c2)cc1. The molecule has 0 bridgehead atoms. The standard InChI is InChI=1S/C18H22N4O4S/c1-14-3-6-16(7-4-14)27(25,26)19-15-5-8-17(18(13-15)22(23)24)21-11-9-20(2)10-12-21/h3-8,13,19H,9-12H2,1-2H3. The second-order valence-corrected chi connectivity index (χ2v) is 8.35. The van der Waals surface area contributed by atoms with Crippen molar-refractivity contribution in [2.75, 3.05) is 42.8 Å². The Morgan fingerprint density at radius 1 is 1.04 bits per heavy atom. The lowest BCUT2D eigenvalue weighted by atomic mass is 10.2. The van der Waals surface area contributed by atoms with Crippen LogP contribution in [0.5, 0.6) is 0 Å².